The van der Waals surface area contributed by atoms with Gasteiger partial charge in [0.05, 0.1) is 11.5 Å². The summed E-state index contributed by atoms with van der Waals surface area (Å²) in [7, 11) is -8.53. The number of benzene rings is 2. The molecule has 2 unspecified atom stereocenters. The van der Waals surface area contributed by atoms with Gasteiger partial charge in [-0.05, 0) is 17.7 Å². The van der Waals surface area contributed by atoms with Gasteiger partial charge in [-0.25, -0.2) is 4.31 Å². The van der Waals surface area contributed by atoms with Crippen LogP contribution in [0.5, 0.6) is 0 Å². The molecular formula is C13H14O5P2. The molecule has 0 aliphatic carbocycles. The highest BCUT2D eigenvalue weighted by molar-refractivity contribution is 7.70. The molecular weight excluding hydrogens is 298 g/mol. The van der Waals surface area contributed by atoms with E-state index in [1.165, 1.54) is 12.1 Å². The van der Waals surface area contributed by atoms with E-state index in [4.69, 9.17) is 0 Å². The molecule has 0 heterocycles. The Balaban J connectivity index is 2.16. The van der Waals surface area contributed by atoms with Crippen molar-refractivity contribution in [2.75, 3.05) is 0 Å². The van der Waals surface area contributed by atoms with Crippen molar-refractivity contribution in [1.29, 1.82) is 0 Å². The molecule has 2 aromatic rings. The van der Waals surface area contributed by atoms with Gasteiger partial charge < -0.3 is 9.79 Å². The zero-order chi connectivity index (χ0) is 14.6. The fraction of sp³-hybridized carbons (Fsp3) is 0.0769. The monoisotopic (exact) mass is 312 g/mol. The number of hydrogen-bond donors (Lipinski definition) is 2. The molecule has 0 radical (unpaired) electrons. The molecule has 5 nitrogen and oxygen atoms in total. The van der Waals surface area contributed by atoms with E-state index in [0.717, 1.165) is 0 Å². The molecule has 106 valence electrons. The standard InChI is InChI=1S/C13H14O5P2/c14-19(15,11-12-7-3-1-4-8-12)18-20(16,17)13-9-5-2-6-10-13/h1-10H,11H2,(H,14,15)(H,16,17). The van der Waals surface area contributed by atoms with Crippen molar-refractivity contribution in [3.8, 4) is 0 Å². The molecule has 0 bridgehead atoms. The Morgan fingerprint density at radius 3 is 1.90 bits per heavy atom. The summed E-state index contributed by atoms with van der Waals surface area (Å²) in [5.74, 6) is 0. The van der Waals surface area contributed by atoms with E-state index in [9.17, 15) is 18.9 Å². The minimum absolute atomic E-state index is 0.0117. The second-order valence-corrected chi connectivity index (χ2v) is 8.02. The molecule has 0 aliphatic heterocycles. The van der Waals surface area contributed by atoms with Crippen LogP contribution in [0.2, 0.25) is 0 Å². The summed E-state index contributed by atoms with van der Waals surface area (Å²) in [5, 5.41) is -0.0117. The van der Waals surface area contributed by atoms with Gasteiger partial charge in [0.25, 0.3) is 0 Å². The van der Waals surface area contributed by atoms with Crippen LogP contribution >= 0.6 is 15.2 Å². The highest BCUT2D eigenvalue weighted by atomic mass is 31.3. The molecule has 0 aliphatic rings. The van der Waals surface area contributed by atoms with Gasteiger partial charge >= 0.3 is 15.2 Å². The van der Waals surface area contributed by atoms with Crippen molar-refractivity contribution >= 4 is 20.5 Å². The second-order valence-electron chi connectivity index (χ2n) is 4.22. The molecule has 0 saturated heterocycles. The van der Waals surface area contributed by atoms with E-state index in [1.807, 2.05) is 0 Å². The van der Waals surface area contributed by atoms with Crippen molar-refractivity contribution in [3.63, 3.8) is 0 Å². The fourth-order valence-corrected chi connectivity index (χ4v) is 4.89. The van der Waals surface area contributed by atoms with Crippen molar-refractivity contribution in [2.24, 2.45) is 0 Å². The third-order valence-corrected chi connectivity index (χ3v) is 6.17. The highest BCUT2D eigenvalue weighted by Gasteiger charge is 2.33. The molecule has 0 fully saturated rings. The Labute approximate surface area is 116 Å². The summed E-state index contributed by atoms with van der Waals surface area (Å²) in [6.45, 7) is 0. The van der Waals surface area contributed by atoms with Crippen LogP contribution in [-0.4, -0.2) is 9.79 Å². The normalized spacial score (nSPS) is 17.1. The van der Waals surface area contributed by atoms with Gasteiger partial charge in [-0.2, -0.15) is 0 Å². The van der Waals surface area contributed by atoms with Crippen LogP contribution in [0.25, 0.3) is 0 Å². The van der Waals surface area contributed by atoms with Gasteiger partial charge in [-0.1, -0.05) is 48.5 Å². The Hall–Kier alpha value is -1.22. The third kappa shape index (κ3) is 4.14. The Morgan fingerprint density at radius 2 is 1.35 bits per heavy atom. The number of rotatable bonds is 5. The van der Waals surface area contributed by atoms with Crippen molar-refractivity contribution in [1.82, 2.24) is 0 Å². The largest absolute Gasteiger partial charge is 0.365 e. The van der Waals surface area contributed by atoms with Crippen LogP contribution in [0.3, 0.4) is 0 Å². The first-order chi connectivity index (χ1) is 9.39. The average Bonchev–Trinajstić information content (AvgIpc) is 2.39. The summed E-state index contributed by atoms with van der Waals surface area (Å²) < 4.78 is 28.6. The van der Waals surface area contributed by atoms with Crippen LogP contribution in [0, 0.1) is 0 Å². The van der Waals surface area contributed by atoms with Crippen molar-refractivity contribution in [2.45, 2.75) is 6.16 Å². The maximum Gasteiger partial charge on any atom is 0.365 e. The van der Waals surface area contributed by atoms with E-state index < -0.39 is 15.2 Å². The van der Waals surface area contributed by atoms with Crippen LogP contribution in [0.4, 0.5) is 0 Å². The van der Waals surface area contributed by atoms with Gasteiger partial charge in [0, 0.05) is 0 Å². The SMILES string of the molecule is O=P(O)(Cc1ccccc1)OP(=O)(O)c1ccccc1. The molecule has 7 heteroatoms. The van der Waals surface area contributed by atoms with Crippen molar-refractivity contribution in [3.05, 3.63) is 66.2 Å². The van der Waals surface area contributed by atoms with Crippen LogP contribution in [0.15, 0.2) is 60.7 Å². The van der Waals surface area contributed by atoms with Crippen LogP contribution < -0.4 is 5.30 Å². The average molecular weight is 312 g/mol. The molecule has 0 aromatic heterocycles. The first kappa shape index (κ1) is 15.2. The van der Waals surface area contributed by atoms with Crippen LogP contribution in [0.1, 0.15) is 5.56 Å². The maximum atomic E-state index is 12.0. The van der Waals surface area contributed by atoms with E-state index >= 15 is 0 Å². The minimum atomic E-state index is -4.32. The lowest BCUT2D eigenvalue weighted by molar-refractivity contribution is 0.339. The predicted molar refractivity (Wildman–Crippen MR) is 77.0 cm³/mol. The Bertz CT molecular complexity index is 657. The zero-order valence-electron chi connectivity index (χ0n) is 10.5. The van der Waals surface area contributed by atoms with Gasteiger partial charge in [0.15, 0.2) is 0 Å². The topological polar surface area (TPSA) is 83.8 Å². The molecule has 0 saturated carbocycles. The molecule has 2 N–H and O–H groups in total. The van der Waals surface area contributed by atoms with E-state index in [0.29, 0.717) is 5.56 Å². The van der Waals surface area contributed by atoms with E-state index in [1.54, 1.807) is 48.5 Å². The summed E-state index contributed by atoms with van der Waals surface area (Å²) in [5.41, 5.74) is 0.561. The lowest BCUT2D eigenvalue weighted by Crippen LogP contribution is -2.06. The quantitative estimate of drug-likeness (QED) is 0.829. The van der Waals surface area contributed by atoms with Gasteiger partial charge in [0.1, 0.15) is 0 Å². The van der Waals surface area contributed by atoms with E-state index in [2.05, 4.69) is 4.31 Å². The summed E-state index contributed by atoms with van der Waals surface area (Å²) in [4.78, 5) is 19.6. The minimum Gasteiger partial charge on any atom is -0.324 e. The zero-order valence-corrected chi connectivity index (χ0v) is 12.3. The summed E-state index contributed by atoms with van der Waals surface area (Å²) in [6.07, 6.45) is -0.314. The number of hydrogen-bond acceptors (Lipinski definition) is 3. The molecule has 2 rings (SSSR count). The first-order valence-corrected chi connectivity index (χ1v) is 9.19. The Morgan fingerprint density at radius 1 is 0.850 bits per heavy atom. The molecule has 0 amide bonds. The van der Waals surface area contributed by atoms with Crippen LogP contribution in [-0.2, 0) is 19.6 Å². The maximum absolute atomic E-state index is 12.0. The first-order valence-electron chi connectivity index (χ1n) is 5.85. The van der Waals surface area contributed by atoms with Gasteiger partial charge in [-0.15, -0.1) is 0 Å². The summed E-state index contributed by atoms with van der Waals surface area (Å²) >= 11 is 0. The van der Waals surface area contributed by atoms with Crippen molar-refractivity contribution < 1.29 is 23.2 Å². The van der Waals surface area contributed by atoms with E-state index in [-0.39, 0.29) is 11.5 Å². The van der Waals surface area contributed by atoms with Gasteiger partial charge in [0.2, 0.25) is 0 Å². The smallest absolute Gasteiger partial charge is 0.324 e. The molecule has 0 spiro atoms. The lowest BCUT2D eigenvalue weighted by atomic mass is 10.2. The molecule has 20 heavy (non-hydrogen) atoms. The Kier molecular flexibility index (Phi) is 4.59. The summed E-state index contributed by atoms with van der Waals surface area (Å²) in [6, 6.07) is 16.0. The third-order valence-electron chi connectivity index (χ3n) is 2.55. The van der Waals surface area contributed by atoms with Gasteiger partial charge in [-0.3, -0.25) is 9.13 Å². The highest BCUT2D eigenvalue weighted by Crippen LogP contribution is 2.60. The lowest BCUT2D eigenvalue weighted by Gasteiger charge is -2.17. The molecule has 2 aromatic carbocycles. The predicted octanol–water partition coefficient (Wildman–Crippen LogP) is 2.90. The fourth-order valence-electron chi connectivity index (χ4n) is 1.68. The molecule has 2 atom stereocenters. The second kappa shape index (κ2) is 6.04.